The molecule has 1 aliphatic carbocycles. The first-order chi connectivity index (χ1) is 10.4. The third kappa shape index (κ3) is 2.64. The first-order valence-electron chi connectivity index (χ1n) is 6.90. The molecule has 22 heavy (non-hydrogen) atoms. The van der Waals surface area contributed by atoms with E-state index in [-0.39, 0.29) is 29.1 Å². The van der Waals surface area contributed by atoms with Gasteiger partial charge in [0.25, 0.3) is 0 Å². The number of rotatable bonds is 4. The van der Waals surface area contributed by atoms with Gasteiger partial charge < -0.3 is 5.73 Å². The molecule has 0 bridgehead atoms. The molecule has 1 fully saturated rings. The zero-order valence-electron chi connectivity index (χ0n) is 11.6. The van der Waals surface area contributed by atoms with Gasteiger partial charge in [-0.3, -0.25) is 0 Å². The van der Waals surface area contributed by atoms with E-state index in [2.05, 4.69) is 0 Å². The lowest BCUT2D eigenvalue weighted by Gasteiger charge is -2.04. The van der Waals surface area contributed by atoms with Crippen LogP contribution in [0.3, 0.4) is 0 Å². The van der Waals surface area contributed by atoms with Crippen molar-refractivity contribution in [1.82, 2.24) is 0 Å². The fraction of sp³-hybridized carbons (Fsp3) is 0.250. The monoisotopic (exact) mass is 339 g/mol. The number of hydrogen-bond donors (Lipinski definition) is 1. The van der Waals surface area contributed by atoms with Crippen molar-refractivity contribution in [3.05, 3.63) is 64.9 Å². The van der Waals surface area contributed by atoms with E-state index < -0.39 is 15.1 Å². The van der Waals surface area contributed by atoms with Gasteiger partial charge in [0.15, 0.2) is 9.84 Å². The van der Waals surface area contributed by atoms with Crippen molar-refractivity contribution >= 4 is 21.4 Å². The number of hydrogen-bond acceptors (Lipinski definition) is 3. The maximum absolute atomic E-state index is 13.4. The average Bonchev–Trinajstić information content (AvgIpc) is 3.23. The molecule has 2 aromatic carbocycles. The highest BCUT2D eigenvalue weighted by atomic mass is 35.5. The Hall–Kier alpha value is -1.43. The van der Waals surface area contributed by atoms with E-state index in [1.807, 2.05) is 0 Å². The van der Waals surface area contributed by atoms with Gasteiger partial charge in [0.2, 0.25) is 0 Å². The quantitative estimate of drug-likeness (QED) is 0.931. The molecule has 1 saturated carbocycles. The molecule has 0 aliphatic heterocycles. The standard InChI is InChI=1S/C16H15ClFNO2S/c17-11-4-6-13(7-5-11)22(20,21)16-14(9-19)15(16)10-2-1-3-12(18)8-10/h1-8,14-16H,9,19H2. The number of halogens is 2. The third-order valence-electron chi connectivity index (χ3n) is 4.10. The van der Waals surface area contributed by atoms with Gasteiger partial charge in [-0.2, -0.15) is 0 Å². The predicted molar refractivity (Wildman–Crippen MR) is 84.1 cm³/mol. The Bertz CT molecular complexity index is 792. The Morgan fingerprint density at radius 1 is 1.14 bits per heavy atom. The Morgan fingerprint density at radius 2 is 1.82 bits per heavy atom. The molecule has 0 radical (unpaired) electrons. The summed E-state index contributed by atoms with van der Waals surface area (Å²) in [6, 6.07) is 12.1. The van der Waals surface area contributed by atoms with Gasteiger partial charge in [0, 0.05) is 10.9 Å². The molecule has 0 saturated heterocycles. The molecule has 6 heteroatoms. The van der Waals surface area contributed by atoms with Gasteiger partial charge in [-0.25, -0.2) is 12.8 Å². The van der Waals surface area contributed by atoms with Crippen molar-refractivity contribution in [2.75, 3.05) is 6.54 Å². The van der Waals surface area contributed by atoms with Crippen LogP contribution in [0.4, 0.5) is 4.39 Å². The molecular weight excluding hydrogens is 325 g/mol. The van der Waals surface area contributed by atoms with Crippen LogP contribution in [0.5, 0.6) is 0 Å². The molecule has 0 spiro atoms. The minimum atomic E-state index is -3.52. The lowest BCUT2D eigenvalue weighted by atomic mass is 10.1. The van der Waals surface area contributed by atoms with Crippen molar-refractivity contribution in [3.8, 4) is 0 Å². The Labute approximate surface area is 133 Å². The minimum Gasteiger partial charge on any atom is -0.330 e. The van der Waals surface area contributed by atoms with E-state index in [1.54, 1.807) is 24.3 Å². The van der Waals surface area contributed by atoms with Crippen LogP contribution in [0.15, 0.2) is 53.4 Å². The second-order valence-corrected chi connectivity index (χ2v) is 7.99. The molecule has 2 aromatic rings. The highest BCUT2D eigenvalue weighted by Gasteiger charge is 2.58. The molecule has 0 aromatic heterocycles. The Kier molecular flexibility index (Phi) is 3.97. The lowest BCUT2D eigenvalue weighted by molar-refractivity contribution is 0.591. The fourth-order valence-corrected chi connectivity index (χ4v) is 5.33. The van der Waals surface area contributed by atoms with Crippen LogP contribution in [-0.4, -0.2) is 20.2 Å². The normalized spacial score (nSPS) is 24.2. The summed E-state index contributed by atoms with van der Waals surface area (Å²) in [5, 5.41) is -0.132. The predicted octanol–water partition coefficient (Wildman–Crippen LogP) is 2.99. The van der Waals surface area contributed by atoms with Gasteiger partial charge in [0.1, 0.15) is 5.82 Å². The van der Waals surface area contributed by atoms with Crippen LogP contribution >= 0.6 is 11.6 Å². The number of sulfone groups is 1. The van der Waals surface area contributed by atoms with Gasteiger partial charge >= 0.3 is 0 Å². The van der Waals surface area contributed by atoms with Crippen LogP contribution in [0.1, 0.15) is 11.5 Å². The maximum Gasteiger partial charge on any atom is 0.182 e. The van der Waals surface area contributed by atoms with E-state index >= 15 is 0 Å². The zero-order valence-corrected chi connectivity index (χ0v) is 13.2. The minimum absolute atomic E-state index is 0.192. The SMILES string of the molecule is NCC1C(c2cccc(F)c2)C1S(=O)(=O)c1ccc(Cl)cc1. The summed E-state index contributed by atoms with van der Waals surface area (Å²) >= 11 is 5.80. The summed E-state index contributed by atoms with van der Waals surface area (Å²) in [6.45, 7) is 0.249. The van der Waals surface area contributed by atoms with E-state index in [0.717, 1.165) is 0 Å². The largest absolute Gasteiger partial charge is 0.330 e. The third-order valence-corrected chi connectivity index (χ3v) is 6.64. The highest BCUT2D eigenvalue weighted by Crippen LogP contribution is 2.53. The molecule has 3 nitrogen and oxygen atoms in total. The first kappa shape index (κ1) is 15.5. The fourth-order valence-electron chi connectivity index (χ4n) is 2.98. The van der Waals surface area contributed by atoms with Gasteiger partial charge in [0.05, 0.1) is 10.1 Å². The lowest BCUT2D eigenvalue weighted by Crippen LogP contribution is -2.13. The van der Waals surface area contributed by atoms with Crippen LogP contribution in [0.2, 0.25) is 5.02 Å². The Balaban J connectivity index is 1.95. The summed E-state index contributed by atoms with van der Waals surface area (Å²) in [7, 11) is -3.52. The molecule has 3 atom stereocenters. The second-order valence-electron chi connectivity index (χ2n) is 5.44. The topological polar surface area (TPSA) is 60.2 Å². The van der Waals surface area contributed by atoms with E-state index in [4.69, 9.17) is 17.3 Å². The van der Waals surface area contributed by atoms with Crippen molar-refractivity contribution in [1.29, 1.82) is 0 Å². The number of benzene rings is 2. The van der Waals surface area contributed by atoms with E-state index in [9.17, 15) is 12.8 Å². The van der Waals surface area contributed by atoms with Crippen LogP contribution < -0.4 is 5.73 Å². The number of nitrogens with two attached hydrogens (primary N) is 1. The van der Waals surface area contributed by atoms with E-state index in [1.165, 1.54) is 24.3 Å². The molecule has 0 heterocycles. The summed E-state index contributed by atoms with van der Waals surface area (Å²) in [5.41, 5.74) is 6.39. The van der Waals surface area contributed by atoms with E-state index in [0.29, 0.717) is 10.6 Å². The zero-order chi connectivity index (χ0) is 15.9. The smallest absolute Gasteiger partial charge is 0.182 e. The molecule has 0 amide bonds. The summed E-state index contributed by atoms with van der Waals surface area (Å²) in [4.78, 5) is 0.222. The maximum atomic E-state index is 13.4. The molecular formula is C16H15ClFNO2S. The van der Waals surface area contributed by atoms with Crippen LogP contribution in [0, 0.1) is 11.7 Å². The molecule has 3 unspecified atom stereocenters. The van der Waals surface area contributed by atoms with Gasteiger partial charge in [-0.15, -0.1) is 0 Å². The average molecular weight is 340 g/mol. The highest BCUT2D eigenvalue weighted by molar-refractivity contribution is 7.92. The summed E-state index contributed by atoms with van der Waals surface area (Å²) in [6.07, 6.45) is 0. The van der Waals surface area contributed by atoms with Crippen molar-refractivity contribution in [2.24, 2.45) is 11.7 Å². The van der Waals surface area contributed by atoms with Crippen LogP contribution in [-0.2, 0) is 9.84 Å². The van der Waals surface area contributed by atoms with Crippen molar-refractivity contribution in [3.63, 3.8) is 0 Å². The molecule has 2 N–H and O–H groups in total. The molecule has 116 valence electrons. The first-order valence-corrected chi connectivity index (χ1v) is 8.82. The summed E-state index contributed by atoms with van der Waals surface area (Å²) in [5.74, 6) is -0.827. The van der Waals surface area contributed by atoms with Crippen molar-refractivity contribution < 1.29 is 12.8 Å². The molecule has 3 rings (SSSR count). The Morgan fingerprint density at radius 3 is 2.41 bits per heavy atom. The van der Waals surface area contributed by atoms with Gasteiger partial charge in [-0.05, 0) is 54.4 Å². The van der Waals surface area contributed by atoms with Gasteiger partial charge in [-0.1, -0.05) is 23.7 Å². The second kappa shape index (κ2) is 5.65. The summed E-state index contributed by atoms with van der Waals surface area (Å²) < 4.78 is 38.9. The van der Waals surface area contributed by atoms with Crippen molar-refractivity contribution in [2.45, 2.75) is 16.1 Å². The molecule has 1 aliphatic rings. The van der Waals surface area contributed by atoms with Crippen LogP contribution in [0.25, 0.3) is 0 Å².